The number of aliphatic hydroxyl groups excluding tert-OH is 1. The molecule has 186 valence electrons. The molecule has 37 heavy (non-hydrogen) atoms. The molecule has 1 aliphatic rings. The Labute approximate surface area is 216 Å². The molecule has 0 radical (unpaired) electrons. The van der Waals surface area contributed by atoms with Gasteiger partial charge in [0.25, 0.3) is 5.91 Å². The summed E-state index contributed by atoms with van der Waals surface area (Å²) in [5, 5.41) is 11.0. The van der Waals surface area contributed by atoms with E-state index in [1.165, 1.54) is 12.3 Å². The van der Waals surface area contributed by atoms with Gasteiger partial charge >= 0.3 is 0 Å². The van der Waals surface area contributed by atoms with Crippen LogP contribution in [0.3, 0.4) is 0 Å². The van der Waals surface area contributed by atoms with Gasteiger partial charge in [-0.1, -0.05) is 84.9 Å². The standard InChI is InChI=1S/C31H28N2O4/c1-32(2)25(23-12-7-4-8-13-23)20-33-28(24-17-15-22(16-18-24)21-10-5-3-6-11-21)27(30(35)31(33)36)29(34)26-14-9-19-37-26/h3-19,25,28,35H,20H2,1-2H3. The van der Waals surface area contributed by atoms with E-state index in [1.807, 2.05) is 104 Å². The Morgan fingerprint density at radius 3 is 2.11 bits per heavy atom. The van der Waals surface area contributed by atoms with Crippen molar-refractivity contribution in [3.8, 4) is 11.1 Å². The van der Waals surface area contributed by atoms with Crippen molar-refractivity contribution in [2.75, 3.05) is 20.6 Å². The Balaban J connectivity index is 1.57. The van der Waals surface area contributed by atoms with Crippen LogP contribution in [0, 0.1) is 0 Å². The molecule has 0 spiro atoms. The van der Waals surface area contributed by atoms with Crippen LogP contribution < -0.4 is 0 Å². The molecule has 0 saturated carbocycles. The zero-order chi connectivity index (χ0) is 25.9. The fourth-order valence-electron chi connectivity index (χ4n) is 4.88. The predicted octanol–water partition coefficient (Wildman–Crippen LogP) is 5.83. The number of Topliss-reactive ketones (excluding diaryl/α,β-unsaturated/α-hetero) is 1. The lowest BCUT2D eigenvalue weighted by molar-refractivity contribution is -0.130. The summed E-state index contributed by atoms with van der Waals surface area (Å²) in [4.78, 5) is 30.6. The molecule has 0 bridgehead atoms. The molecule has 4 aromatic rings. The molecule has 0 aliphatic carbocycles. The number of hydrogen-bond donors (Lipinski definition) is 1. The molecule has 1 aromatic heterocycles. The van der Waals surface area contributed by atoms with Gasteiger partial charge in [-0.3, -0.25) is 9.59 Å². The smallest absolute Gasteiger partial charge is 0.290 e. The van der Waals surface area contributed by atoms with Crippen LogP contribution in [0.25, 0.3) is 11.1 Å². The number of nitrogens with zero attached hydrogens (tertiary/aromatic N) is 2. The second-order valence-electron chi connectivity index (χ2n) is 9.31. The van der Waals surface area contributed by atoms with E-state index >= 15 is 0 Å². The number of ketones is 1. The van der Waals surface area contributed by atoms with Crippen LogP contribution in [0.2, 0.25) is 0 Å². The predicted molar refractivity (Wildman–Crippen MR) is 142 cm³/mol. The van der Waals surface area contributed by atoms with Crippen LogP contribution >= 0.6 is 0 Å². The maximum Gasteiger partial charge on any atom is 0.290 e. The lowest BCUT2D eigenvalue weighted by Gasteiger charge is -2.33. The third kappa shape index (κ3) is 4.71. The molecule has 1 aliphatic heterocycles. The highest BCUT2D eigenvalue weighted by Gasteiger charge is 2.45. The maximum atomic E-state index is 13.5. The van der Waals surface area contributed by atoms with Crippen molar-refractivity contribution in [1.29, 1.82) is 0 Å². The summed E-state index contributed by atoms with van der Waals surface area (Å²) in [5.41, 5.74) is 3.87. The van der Waals surface area contributed by atoms with Crippen molar-refractivity contribution in [3.05, 3.63) is 132 Å². The second-order valence-corrected chi connectivity index (χ2v) is 9.31. The van der Waals surface area contributed by atoms with Crippen LogP contribution in [0.4, 0.5) is 0 Å². The number of aliphatic hydroxyl groups is 1. The molecular formula is C31H28N2O4. The molecule has 5 rings (SSSR count). The van der Waals surface area contributed by atoms with Crippen LogP contribution in [0.5, 0.6) is 0 Å². The minimum Gasteiger partial charge on any atom is -0.503 e. The fraction of sp³-hybridized carbons (Fsp3) is 0.161. The number of carbonyl (C=O) groups excluding carboxylic acids is 2. The molecule has 3 aromatic carbocycles. The Bertz CT molecular complexity index is 1410. The van der Waals surface area contributed by atoms with Gasteiger partial charge in [0, 0.05) is 6.54 Å². The van der Waals surface area contributed by atoms with Gasteiger partial charge in [-0.15, -0.1) is 0 Å². The molecule has 1 amide bonds. The number of benzene rings is 3. The number of amides is 1. The fourth-order valence-corrected chi connectivity index (χ4v) is 4.88. The largest absolute Gasteiger partial charge is 0.503 e. The van der Waals surface area contributed by atoms with E-state index in [4.69, 9.17) is 4.42 Å². The summed E-state index contributed by atoms with van der Waals surface area (Å²) >= 11 is 0. The number of rotatable bonds is 8. The average Bonchev–Trinajstić information content (AvgIpc) is 3.55. The topological polar surface area (TPSA) is 74.0 Å². The molecule has 0 fully saturated rings. The summed E-state index contributed by atoms with van der Waals surface area (Å²) < 4.78 is 5.34. The molecule has 0 saturated heterocycles. The number of likely N-dealkylation sites (N-methyl/N-ethyl adjacent to an activating group) is 1. The molecule has 2 atom stereocenters. The van der Waals surface area contributed by atoms with E-state index in [1.54, 1.807) is 11.0 Å². The van der Waals surface area contributed by atoms with Gasteiger partial charge in [0.05, 0.1) is 23.9 Å². The van der Waals surface area contributed by atoms with Gasteiger partial charge in [0.1, 0.15) is 0 Å². The van der Waals surface area contributed by atoms with Crippen molar-refractivity contribution in [1.82, 2.24) is 9.80 Å². The van der Waals surface area contributed by atoms with Crippen LogP contribution in [0.1, 0.15) is 33.8 Å². The monoisotopic (exact) mass is 492 g/mol. The van der Waals surface area contributed by atoms with Crippen molar-refractivity contribution in [3.63, 3.8) is 0 Å². The Morgan fingerprint density at radius 2 is 1.51 bits per heavy atom. The molecule has 6 heteroatoms. The van der Waals surface area contributed by atoms with E-state index in [-0.39, 0.29) is 23.9 Å². The Hall–Kier alpha value is -4.42. The van der Waals surface area contributed by atoms with Gasteiger partial charge < -0.3 is 19.3 Å². The third-order valence-corrected chi connectivity index (χ3v) is 6.80. The number of carbonyl (C=O) groups is 2. The Kier molecular flexibility index (Phi) is 6.75. The van der Waals surface area contributed by atoms with Gasteiger partial charge in [0.2, 0.25) is 5.78 Å². The minimum absolute atomic E-state index is 0.0259. The van der Waals surface area contributed by atoms with Crippen LogP contribution in [-0.4, -0.2) is 47.2 Å². The maximum absolute atomic E-state index is 13.5. The number of hydrogen-bond acceptors (Lipinski definition) is 5. The first-order valence-electron chi connectivity index (χ1n) is 12.1. The van der Waals surface area contributed by atoms with E-state index < -0.39 is 23.5 Å². The lowest BCUT2D eigenvalue weighted by atomic mass is 9.93. The van der Waals surface area contributed by atoms with Gasteiger partial charge in [-0.25, -0.2) is 0 Å². The molecule has 2 heterocycles. The molecule has 2 unspecified atom stereocenters. The first-order chi connectivity index (χ1) is 18.0. The van der Waals surface area contributed by atoms with Crippen molar-refractivity contribution in [2.45, 2.75) is 12.1 Å². The van der Waals surface area contributed by atoms with E-state index in [0.29, 0.717) is 0 Å². The molecule has 6 nitrogen and oxygen atoms in total. The zero-order valence-electron chi connectivity index (χ0n) is 20.7. The Morgan fingerprint density at radius 1 is 0.892 bits per heavy atom. The summed E-state index contributed by atoms with van der Waals surface area (Å²) in [6.07, 6.45) is 1.40. The van der Waals surface area contributed by atoms with Crippen molar-refractivity contribution >= 4 is 11.7 Å². The van der Waals surface area contributed by atoms with Crippen molar-refractivity contribution < 1.29 is 19.1 Å². The SMILES string of the molecule is CN(C)C(CN1C(=O)C(O)=C(C(=O)c2ccco2)C1c1ccc(-c2ccccc2)cc1)c1ccccc1. The quantitative estimate of drug-likeness (QED) is 0.314. The summed E-state index contributed by atoms with van der Waals surface area (Å²) in [5.74, 6) is -1.54. The highest BCUT2D eigenvalue weighted by atomic mass is 16.3. The summed E-state index contributed by atoms with van der Waals surface area (Å²) in [7, 11) is 3.90. The summed E-state index contributed by atoms with van der Waals surface area (Å²) in [6.45, 7) is 0.278. The van der Waals surface area contributed by atoms with E-state index in [0.717, 1.165) is 22.3 Å². The molecular weight excluding hydrogens is 464 g/mol. The third-order valence-electron chi connectivity index (χ3n) is 6.80. The van der Waals surface area contributed by atoms with Crippen molar-refractivity contribution in [2.24, 2.45) is 0 Å². The van der Waals surface area contributed by atoms with Gasteiger partial charge in [0.15, 0.2) is 11.5 Å². The van der Waals surface area contributed by atoms with Gasteiger partial charge in [-0.05, 0) is 48.5 Å². The van der Waals surface area contributed by atoms with E-state index in [9.17, 15) is 14.7 Å². The van der Waals surface area contributed by atoms with Gasteiger partial charge in [-0.2, -0.15) is 0 Å². The zero-order valence-corrected chi connectivity index (χ0v) is 20.7. The lowest BCUT2D eigenvalue weighted by Crippen LogP contribution is -2.38. The first kappa shape index (κ1) is 24.3. The highest BCUT2D eigenvalue weighted by Crippen LogP contribution is 2.41. The average molecular weight is 493 g/mol. The first-order valence-corrected chi connectivity index (χ1v) is 12.1. The normalized spacial score (nSPS) is 16.5. The highest BCUT2D eigenvalue weighted by molar-refractivity contribution is 6.15. The minimum atomic E-state index is -0.763. The van der Waals surface area contributed by atoms with Crippen LogP contribution in [-0.2, 0) is 4.79 Å². The van der Waals surface area contributed by atoms with E-state index in [2.05, 4.69) is 0 Å². The molecule has 1 N–H and O–H groups in total. The number of furan rings is 1. The van der Waals surface area contributed by atoms with Crippen LogP contribution in [0.15, 0.2) is 119 Å². The summed E-state index contributed by atoms with van der Waals surface area (Å²) in [6, 6.07) is 29.9. The second kappa shape index (κ2) is 10.3.